The summed E-state index contributed by atoms with van der Waals surface area (Å²) in [5.74, 6) is 1.55. The van der Waals surface area contributed by atoms with Crippen LogP contribution in [0.2, 0.25) is 0 Å². The normalized spacial score (nSPS) is 18.7. The van der Waals surface area contributed by atoms with Gasteiger partial charge in [-0.05, 0) is 75.5 Å². The van der Waals surface area contributed by atoms with Crippen LogP contribution < -0.4 is 15.4 Å². The van der Waals surface area contributed by atoms with Crippen molar-refractivity contribution in [3.63, 3.8) is 0 Å². The zero-order valence-electron chi connectivity index (χ0n) is 25.8. The van der Waals surface area contributed by atoms with Gasteiger partial charge < -0.3 is 19.9 Å². The Morgan fingerprint density at radius 3 is 2.38 bits per heavy atom. The van der Waals surface area contributed by atoms with Crippen molar-refractivity contribution >= 4 is 11.8 Å². The predicted molar refractivity (Wildman–Crippen MR) is 161 cm³/mol. The first-order valence-corrected chi connectivity index (χ1v) is 15.4. The van der Waals surface area contributed by atoms with Gasteiger partial charge in [0.05, 0.1) is 17.7 Å². The van der Waals surface area contributed by atoms with Gasteiger partial charge in [-0.25, -0.2) is 0 Å². The number of rotatable bonds is 7. The maximum atomic E-state index is 13.6. The van der Waals surface area contributed by atoms with Crippen molar-refractivity contribution in [3.05, 3.63) is 46.3 Å². The maximum Gasteiger partial charge on any atom is 0.253 e. The Morgan fingerprint density at radius 1 is 1.05 bits per heavy atom. The topological polar surface area (TPSA) is 72.4 Å². The molecule has 1 aliphatic heterocycles. The van der Waals surface area contributed by atoms with Crippen LogP contribution in [0, 0.1) is 12.8 Å². The lowest BCUT2D eigenvalue weighted by molar-refractivity contribution is -0.120. The summed E-state index contributed by atoms with van der Waals surface area (Å²) >= 11 is 0. The lowest BCUT2D eigenvalue weighted by atomic mass is 9.80. The fraction of sp³-hybridized carbons (Fsp3) is 0.647. The van der Waals surface area contributed by atoms with Crippen LogP contribution in [0.25, 0.3) is 5.69 Å². The number of ether oxygens (including phenoxy) is 1. The third-order valence-corrected chi connectivity index (χ3v) is 9.45. The van der Waals surface area contributed by atoms with Gasteiger partial charge in [0.25, 0.3) is 5.91 Å². The molecule has 40 heavy (non-hydrogen) atoms. The molecule has 2 saturated carbocycles. The molecule has 1 aromatic heterocycles. The van der Waals surface area contributed by atoms with Crippen LogP contribution in [-0.2, 0) is 22.0 Å². The number of carbonyl (C=O) groups is 2. The first-order chi connectivity index (χ1) is 18.8. The van der Waals surface area contributed by atoms with E-state index in [1.54, 1.807) is 0 Å². The molecule has 1 spiro atoms. The van der Waals surface area contributed by atoms with Crippen molar-refractivity contribution in [1.82, 2.24) is 15.2 Å². The van der Waals surface area contributed by atoms with Gasteiger partial charge in [-0.3, -0.25) is 9.59 Å². The second-order valence-corrected chi connectivity index (χ2v) is 14.4. The summed E-state index contributed by atoms with van der Waals surface area (Å²) in [5.41, 5.74) is 6.46. The summed E-state index contributed by atoms with van der Waals surface area (Å²) < 4.78 is 8.67. The number of hydrogen-bond acceptors (Lipinski definition) is 3. The van der Waals surface area contributed by atoms with E-state index < -0.39 is 5.54 Å². The molecule has 0 unspecified atom stereocenters. The van der Waals surface area contributed by atoms with Crippen LogP contribution in [0.5, 0.6) is 5.75 Å². The maximum absolute atomic E-state index is 13.6. The summed E-state index contributed by atoms with van der Waals surface area (Å²) in [7, 11) is 0. The van der Waals surface area contributed by atoms with Crippen LogP contribution in [0.1, 0.15) is 126 Å². The largest absolute Gasteiger partial charge is 0.493 e. The Bertz CT molecular complexity index is 1270. The zero-order valence-corrected chi connectivity index (χ0v) is 25.8. The summed E-state index contributed by atoms with van der Waals surface area (Å²) in [6.07, 6.45) is 13.0. The van der Waals surface area contributed by atoms with Crippen molar-refractivity contribution in [2.45, 2.75) is 123 Å². The lowest BCUT2D eigenvalue weighted by Crippen LogP contribution is -2.50. The number of hydrogen-bond donors (Lipinski definition) is 2. The molecule has 3 aliphatic rings. The van der Waals surface area contributed by atoms with Gasteiger partial charge in [0.2, 0.25) is 5.91 Å². The standard InChI is InChI=1S/C34H49N3O3/c1-22-26(31(39)35-21-33(6,7)36-23(2)38)20-37(29(22)17-24-11-9-8-10-12-24)25-18-27(32(3,4)5)30-28(19-25)34(13-14-34)15-16-40-30/h18-20,24H,8-17,21H2,1-7H3,(H,35,39)(H,36,38). The molecule has 2 fully saturated rings. The molecule has 0 saturated heterocycles. The van der Waals surface area contributed by atoms with E-state index in [0.29, 0.717) is 12.5 Å². The van der Waals surface area contributed by atoms with Gasteiger partial charge in [0.15, 0.2) is 0 Å². The molecule has 5 rings (SSSR count). The van der Waals surface area contributed by atoms with Gasteiger partial charge in [0, 0.05) is 47.6 Å². The highest BCUT2D eigenvalue weighted by Crippen LogP contribution is 2.58. The Balaban J connectivity index is 1.57. The third kappa shape index (κ3) is 5.82. The average Bonchev–Trinajstić information content (AvgIpc) is 3.58. The molecule has 6 heteroatoms. The average molecular weight is 548 g/mol. The number of aromatic nitrogens is 1. The van der Waals surface area contributed by atoms with E-state index in [-0.39, 0.29) is 22.6 Å². The van der Waals surface area contributed by atoms with Crippen LogP contribution in [0.4, 0.5) is 0 Å². The second-order valence-electron chi connectivity index (χ2n) is 14.4. The SMILES string of the molecule is CC(=O)NC(C)(C)CNC(=O)c1cn(-c2cc(C(C)(C)C)c3c(c2)C2(CCO3)CC2)c(CC2CCCCC2)c1C. The summed E-state index contributed by atoms with van der Waals surface area (Å²) in [5, 5.41) is 6.03. The quantitative estimate of drug-likeness (QED) is 0.407. The highest BCUT2D eigenvalue weighted by Gasteiger charge is 2.49. The first-order valence-electron chi connectivity index (χ1n) is 15.4. The molecule has 2 amide bonds. The minimum Gasteiger partial charge on any atom is -0.493 e. The Morgan fingerprint density at radius 2 is 1.75 bits per heavy atom. The van der Waals surface area contributed by atoms with Crippen LogP contribution >= 0.6 is 0 Å². The van der Waals surface area contributed by atoms with E-state index >= 15 is 0 Å². The monoisotopic (exact) mass is 547 g/mol. The summed E-state index contributed by atoms with van der Waals surface area (Å²) in [6.45, 7) is 15.4. The van der Waals surface area contributed by atoms with Crippen molar-refractivity contribution < 1.29 is 14.3 Å². The fourth-order valence-electron chi connectivity index (χ4n) is 6.95. The molecule has 0 radical (unpaired) electrons. The van der Waals surface area contributed by atoms with E-state index in [4.69, 9.17) is 4.74 Å². The van der Waals surface area contributed by atoms with Gasteiger partial charge in [-0.2, -0.15) is 0 Å². The van der Waals surface area contributed by atoms with Crippen molar-refractivity contribution in [3.8, 4) is 11.4 Å². The van der Waals surface area contributed by atoms with E-state index in [2.05, 4.69) is 61.2 Å². The minimum absolute atomic E-state index is 0.0608. The molecular weight excluding hydrogens is 498 g/mol. The molecule has 6 nitrogen and oxygen atoms in total. The minimum atomic E-state index is -0.526. The number of nitrogens with zero attached hydrogens (tertiary/aromatic N) is 1. The molecule has 2 aliphatic carbocycles. The highest BCUT2D eigenvalue weighted by molar-refractivity contribution is 5.96. The Labute approximate surface area is 240 Å². The lowest BCUT2D eigenvalue weighted by Gasteiger charge is -2.33. The van der Waals surface area contributed by atoms with Gasteiger partial charge in [-0.1, -0.05) is 52.9 Å². The molecule has 2 N–H and O–H groups in total. The number of fused-ring (bicyclic) bond motifs is 2. The number of carbonyl (C=O) groups excluding carboxylic acids is 2. The van der Waals surface area contributed by atoms with Gasteiger partial charge in [-0.15, -0.1) is 0 Å². The number of amides is 2. The molecule has 0 atom stereocenters. The third-order valence-electron chi connectivity index (χ3n) is 9.45. The van der Waals surface area contributed by atoms with E-state index in [1.165, 1.54) is 68.7 Å². The van der Waals surface area contributed by atoms with E-state index in [0.717, 1.165) is 42.0 Å². The molecule has 0 bridgehead atoms. The van der Waals surface area contributed by atoms with Gasteiger partial charge in [0.1, 0.15) is 5.75 Å². The molecule has 2 heterocycles. The first kappa shape index (κ1) is 28.8. The molecule has 218 valence electrons. The summed E-state index contributed by atoms with van der Waals surface area (Å²) in [4.78, 5) is 25.2. The van der Waals surface area contributed by atoms with Crippen molar-refractivity contribution in [2.24, 2.45) is 5.92 Å². The number of nitrogens with one attached hydrogen (secondary N) is 2. The predicted octanol–water partition coefficient (Wildman–Crippen LogP) is 6.66. The Hall–Kier alpha value is -2.76. The number of benzene rings is 1. The Kier molecular flexibility index (Phi) is 7.60. The van der Waals surface area contributed by atoms with Crippen molar-refractivity contribution in [1.29, 1.82) is 0 Å². The molecule has 2 aromatic rings. The van der Waals surface area contributed by atoms with Crippen molar-refractivity contribution in [2.75, 3.05) is 13.2 Å². The van der Waals surface area contributed by atoms with Gasteiger partial charge >= 0.3 is 0 Å². The molecular formula is C34H49N3O3. The van der Waals surface area contributed by atoms with Crippen LogP contribution in [-0.4, -0.2) is 35.1 Å². The van der Waals surface area contributed by atoms with E-state index in [1.807, 2.05) is 13.8 Å². The zero-order chi connectivity index (χ0) is 28.9. The smallest absolute Gasteiger partial charge is 0.253 e. The second kappa shape index (κ2) is 10.6. The summed E-state index contributed by atoms with van der Waals surface area (Å²) in [6, 6.07) is 4.67. The highest BCUT2D eigenvalue weighted by atomic mass is 16.5. The fourth-order valence-corrected chi connectivity index (χ4v) is 6.95. The van der Waals surface area contributed by atoms with Crippen LogP contribution in [0.15, 0.2) is 18.3 Å². The van der Waals surface area contributed by atoms with E-state index in [9.17, 15) is 9.59 Å². The molecule has 1 aromatic carbocycles. The van der Waals surface area contributed by atoms with Crippen LogP contribution in [0.3, 0.4) is 0 Å².